The van der Waals surface area contributed by atoms with Gasteiger partial charge < -0.3 is 14.6 Å². The summed E-state index contributed by atoms with van der Waals surface area (Å²) in [6, 6.07) is 14.5. The molecule has 9 nitrogen and oxygen atoms in total. The number of morpholine rings is 1. The number of rotatable bonds is 8. The van der Waals surface area contributed by atoms with Crippen LogP contribution in [0.3, 0.4) is 0 Å². The number of aryl methyl sites for hydroxylation is 1. The van der Waals surface area contributed by atoms with E-state index in [-0.39, 0.29) is 23.3 Å². The lowest BCUT2D eigenvalue weighted by Gasteiger charge is -2.45. The van der Waals surface area contributed by atoms with Crippen molar-refractivity contribution in [2.24, 2.45) is 13.0 Å². The second kappa shape index (κ2) is 10.5. The fourth-order valence-electron chi connectivity index (χ4n) is 6.05. The van der Waals surface area contributed by atoms with Crippen molar-refractivity contribution in [3.8, 4) is 6.07 Å². The van der Waals surface area contributed by atoms with Gasteiger partial charge in [-0.15, -0.1) is 10.2 Å². The zero-order chi connectivity index (χ0) is 27.0. The average Bonchev–Trinajstić information content (AvgIpc) is 3.68. The van der Waals surface area contributed by atoms with Gasteiger partial charge in [0.2, 0.25) is 0 Å². The Kier molecular flexibility index (Phi) is 6.92. The van der Waals surface area contributed by atoms with E-state index in [4.69, 9.17) is 9.72 Å². The van der Waals surface area contributed by atoms with Gasteiger partial charge in [-0.3, -0.25) is 9.69 Å². The van der Waals surface area contributed by atoms with Crippen LogP contribution < -0.4 is 5.32 Å². The number of nitrogens with one attached hydrogen (secondary N) is 1. The molecule has 0 unspecified atom stereocenters. The van der Waals surface area contributed by atoms with E-state index >= 15 is 0 Å². The molecule has 1 aromatic carbocycles. The fraction of sp³-hybridized carbons (Fsp3) is 0.500. The highest BCUT2D eigenvalue weighted by Crippen LogP contribution is 2.50. The van der Waals surface area contributed by atoms with E-state index in [2.05, 4.69) is 45.5 Å². The molecule has 2 saturated carbocycles. The van der Waals surface area contributed by atoms with Crippen LogP contribution in [0.5, 0.6) is 0 Å². The van der Waals surface area contributed by atoms with Crippen molar-refractivity contribution < 1.29 is 9.53 Å². The van der Waals surface area contributed by atoms with Gasteiger partial charge in [0.05, 0.1) is 18.8 Å². The van der Waals surface area contributed by atoms with Crippen LogP contribution in [0.2, 0.25) is 0 Å². The van der Waals surface area contributed by atoms with Crippen molar-refractivity contribution in [3.63, 3.8) is 0 Å². The van der Waals surface area contributed by atoms with Gasteiger partial charge in [0.15, 0.2) is 0 Å². The van der Waals surface area contributed by atoms with Gasteiger partial charge in [-0.25, -0.2) is 4.98 Å². The first-order valence-corrected chi connectivity index (χ1v) is 13.9. The number of hydrogen-bond acceptors (Lipinski definition) is 7. The molecule has 1 atom stereocenters. The standard InChI is InChI=1S/C30H35N7O2/c1-20-17-37(8-9-39-20)18-21-10-26(23-6-7-23)34-27(11-21)29(38)33-25-5-3-4-24(12-25)30(13-22(14-30)16-31)15-28-35-32-19-36(28)2/h3-5,10-12,19-20,22-23H,6-9,13-15,17-18H2,1-2H3,(H,33,38)/t20-,22?,30?/m1/s1. The summed E-state index contributed by atoms with van der Waals surface area (Å²) in [6.07, 6.45) is 6.42. The van der Waals surface area contributed by atoms with E-state index in [1.165, 1.54) is 0 Å². The number of aromatic nitrogens is 4. The van der Waals surface area contributed by atoms with Crippen molar-refractivity contribution in [3.05, 3.63) is 71.1 Å². The number of ether oxygens (including phenoxy) is 1. The molecule has 0 radical (unpaired) electrons. The molecule has 2 aromatic heterocycles. The van der Waals surface area contributed by atoms with Crippen LogP contribution in [0, 0.1) is 17.2 Å². The molecule has 0 spiro atoms. The Bertz CT molecular complexity index is 1400. The van der Waals surface area contributed by atoms with Gasteiger partial charge in [-0.05, 0) is 68.0 Å². The number of anilines is 1. The van der Waals surface area contributed by atoms with Gasteiger partial charge in [0, 0.05) is 61.7 Å². The smallest absolute Gasteiger partial charge is 0.274 e. The Hall–Kier alpha value is -3.61. The summed E-state index contributed by atoms with van der Waals surface area (Å²) in [4.78, 5) is 20.6. The first-order valence-electron chi connectivity index (χ1n) is 13.9. The van der Waals surface area contributed by atoms with Gasteiger partial charge >= 0.3 is 0 Å². The van der Waals surface area contributed by atoms with E-state index in [1.807, 2.05) is 35.9 Å². The number of pyridine rings is 1. The number of nitriles is 1. The third kappa shape index (κ3) is 5.58. The van der Waals surface area contributed by atoms with Crippen molar-refractivity contribution in [1.29, 1.82) is 5.26 Å². The van der Waals surface area contributed by atoms with Crippen molar-refractivity contribution >= 4 is 11.6 Å². The predicted molar refractivity (Wildman–Crippen MR) is 146 cm³/mol. The Labute approximate surface area is 229 Å². The number of benzene rings is 1. The first-order chi connectivity index (χ1) is 18.9. The van der Waals surface area contributed by atoms with Crippen LogP contribution >= 0.6 is 0 Å². The summed E-state index contributed by atoms with van der Waals surface area (Å²) < 4.78 is 7.63. The minimum Gasteiger partial charge on any atom is -0.376 e. The van der Waals surface area contributed by atoms with Crippen molar-refractivity contribution in [2.45, 2.75) is 63.0 Å². The number of amides is 1. The Morgan fingerprint density at radius 3 is 2.82 bits per heavy atom. The normalized spacial score (nSPS) is 25.1. The summed E-state index contributed by atoms with van der Waals surface area (Å²) in [7, 11) is 1.94. The summed E-state index contributed by atoms with van der Waals surface area (Å²) in [5.74, 6) is 1.18. The minimum atomic E-state index is -0.200. The molecule has 1 amide bonds. The maximum absolute atomic E-state index is 13.5. The second-order valence-corrected chi connectivity index (χ2v) is 11.6. The van der Waals surface area contributed by atoms with Crippen LogP contribution in [-0.2, 0) is 30.2 Å². The third-order valence-corrected chi connectivity index (χ3v) is 8.36. The maximum Gasteiger partial charge on any atom is 0.274 e. The van der Waals surface area contributed by atoms with E-state index in [0.717, 1.165) is 80.3 Å². The molecule has 3 aliphatic rings. The molecule has 6 rings (SSSR count). The molecule has 1 N–H and O–H groups in total. The molecule has 0 bridgehead atoms. The predicted octanol–water partition coefficient (Wildman–Crippen LogP) is 3.97. The molecule has 3 heterocycles. The minimum absolute atomic E-state index is 0.0266. The van der Waals surface area contributed by atoms with E-state index < -0.39 is 0 Å². The van der Waals surface area contributed by atoms with Gasteiger partial charge in [-0.1, -0.05) is 12.1 Å². The van der Waals surface area contributed by atoms with Gasteiger partial charge in [-0.2, -0.15) is 5.26 Å². The molecule has 202 valence electrons. The number of carbonyl (C=O) groups excluding carboxylic acids is 1. The highest BCUT2D eigenvalue weighted by molar-refractivity contribution is 6.03. The summed E-state index contributed by atoms with van der Waals surface area (Å²) >= 11 is 0. The monoisotopic (exact) mass is 525 g/mol. The van der Waals surface area contributed by atoms with Gasteiger partial charge in [0.25, 0.3) is 5.91 Å². The van der Waals surface area contributed by atoms with Crippen LogP contribution in [0.15, 0.2) is 42.7 Å². The van der Waals surface area contributed by atoms with E-state index in [1.54, 1.807) is 6.33 Å². The third-order valence-electron chi connectivity index (χ3n) is 8.36. The highest BCUT2D eigenvalue weighted by Gasteiger charge is 2.46. The lowest BCUT2D eigenvalue weighted by Crippen LogP contribution is -2.43. The van der Waals surface area contributed by atoms with Gasteiger partial charge in [0.1, 0.15) is 17.8 Å². The highest BCUT2D eigenvalue weighted by atomic mass is 16.5. The van der Waals surface area contributed by atoms with Crippen LogP contribution in [0.4, 0.5) is 5.69 Å². The number of nitrogens with zero attached hydrogens (tertiary/aromatic N) is 6. The maximum atomic E-state index is 13.5. The lowest BCUT2D eigenvalue weighted by molar-refractivity contribution is -0.0212. The molecule has 3 fully saturated rings. The Balaban J connectivity index is 1.22. The SMILES string of the molecule is C[C@@H]1CN(Cc2cc(C(=O)Nc3cccc(C4(Cc5nncn5C)CC(C#N)C4)c3)nc(C3CC3)c2)CCO1. The lowest BCUT2D eigenvalue weighted by atomic mass is 9.57. The molecule has 9 heteroatoms. The molecular weight excluding hydrogens is 490 g/mol. The molecule has 2 aliphatic carbocycles. The number of carbonyl (C=O) groups is 1. The van der Waals surface area contributed by atoms with Crippen LogP contribution in [-0.4, -0.2) is 56.4 Å². The first kappa shape index (κ1) is 25.7. The van der Waals surface area contributed by atoms with E-state index in [0.29, 0.717) is 18.0 Å². The largest absolute Gasteiger partial charge is 0.376 e. The van der Waals surface area contributed by atoms with Crippen molar-refractivity contribution in [1.82, 2.24) is 24.6 Å². The fourth-order valence-corrected chi connectivity index (χ4v) is 6.05. The topological polar surface area (TPSA) is 109 Å². The zero-order valence-corrected chi connectivity index (χ0v) is 22.6. The Morgan fingerprint density at radius 1 is 1.26 bits per heavy atom. The average molecular weight is 526 g/mol. The molecule has 1 aliphatic heterocycles. The molecule has 39 heavy (non-hydrogen) atoms. The second-order valence-electron chi connectivity index (χ2n) is 11.6. The molecular formula is C30H35N7O2. The summed E-state index contributed by atoms with van der Waals surface area (Å²) in [5, 5.41) is 20.9. The summed E-state index contributed by atoms with van der Waals surface area (Å²) in [6.45, 7) is 5.40. The van der Waals surface area contributed by atoms with E-state index in [9.17, 15) is 10.1 Å². The van der Waals surface area contributed by atoms with Crippen LogP contribution in [0.1, 0.15) is 71.7 Å². The quantitative estimate of drug-likeness (QED) is 0.474. The molecule has 1 saturated heterocycles. The zero-order valence-electron chi connectivity index (χ0n) is 22.6. The summed E-state index contributed by atoms with van der Waals surface area (Å²) in [5.41, 5.74) is 4.25. The van der Waals surface area contributed by atoms with Crippen LogP contribution in [0.25, 0.3) is 0 Å². The number of hydrogen-bond donors (Lipinski definition) is 1. The molecule has 3 aromatic rings. The Morgan fingerprint density at radius 2 is 2.10 bits per heavy atom. The van der Waals surface area contributed by atoms with Crippen molar-refractivity contribution in [2.75, 3.05) is 25.0 Å².